The number of piperazine rings is 1. The minimum absolute atomic E-state index is 0.0747. The van der Waals surface area contributed by atoms with Crippen LogP contribution >= 0.6 is 0 Å². The average Bonchev–Trinajstić information content (AvgIpc) is 3.54. The molecule has 1 amide bonds. The topological polar surface area (TPSA) is 118 Å². The fourth-order valence-electron chi connectivity index (χ4n) is 4.16. The van der Waals surface area contributed by atoms with E-state index in [1.165, 1.54) is 6.20 Å². The van der Waals surface area contributed by atoms with Crippen LogP contribution in [0.1, 0.15) is 32.7 Å². The third-order valence-corrected chi connectivity index (χ3v) is 5.85. The number of aromatic nitrogens is 1. The molecule has 1 saturated heterocycles. The molecule has 31 heavy (non-hydrogen) atoms. The molecule has 2 unspecified atom stereocenters. The molecule has 0 spiro atoms. The van der Waals surface area contributed by atoms with E-state index in [1.54, 1.807) is 22.5 Å². The Balaban J connectivity index is 1.73. The average molecular weight is 432 g/mol. The number of hydrogen-bond acceptors (Lipinski definition) is 6. The highest BCUT2D eigenvalue weighted by atomic mass is 19.1. The molecule has 4 rings (SSSR count). The number of amides is 1. The first-order valence-corrected chi connectivity index (χ1v) is 10.3. The lowest BCUT2D eigenvalue weighted by Gasteiger charge is -2.41. The standard InChI is InChI=1S/C21H25FN4O5/c1-11-9-24(5-6-25(11)20(28)12(2)23)17-8-16-14(7-15(17)22)19(27)18(31-21(29)30)10-26(16)13-3-4-13/h7-8,10-13H,3-6,9,23H2,1-2H3,(H,29,30). The van der Waals surface area contributed by atoms with Crippen LogP contribution in [0.4, 0.5) is 14.9 Å². The fraction of sp³-hybridized carbons (Fsp3) is 0.476. The van der Waals surface area contributed by atoms with Gasteiger partial charge in [0, 0.05) is 31.7 Å². The van der Waals surface area contributed by atoms with Gasteiger partial charge in [0.1, 0.15) is 5.82 Å². The van der Waals surface area contributed by atoms with Crippen LogP contribution in [0, 0.1) is 5.82 Å². The van der Waals surface area contributed by atoms with E-state index in [9.17, 15) is 14.4 Å². The number of hydrogen-bond donors (Lipinski definition) is 2. The summed E-state index contributed by atoms with van der Waals surface area (Å²) in [4.78, 5) is 39.5. The third kappa shape index (κ3) is 3.95. The van der Waals surface area contributed by atoms with Gasteiger partial charge in [-0.3, -0.25) is 9.59 Å². The van der Waals surface area contributed by atoms with Gasteiger partial charge in [-0.15, -0.1) is 0 Å². The SMILES string of the molecule is CC(N)C(=O)N1CCN(c2cc3c(cc2F)c(=O)c(OC(=O)O)cn3C2CC2)CC1C. The van der Waals surface area contributed by atoms with Crippen LogP contribution in [0.5, 0.6) is 5.75 Å². The third-order valence-electron chi connectivity index (χ3n) is 5.85. The Morgan fingerprint density at radius 3 is 2.58 bits per heavy atom. The molecular formula is C21H25FN4O5. The Hall–Kier alpha value is -3.14. The summed E-state index contributed by atoms with van der Waals surface area (Å²) in [5.41, 5.74) is 5.93. The van der Waals surface area contributed by atoms with Crippen molar-refractivity contribution in [2.24, 2.45) is 5.73 Å². The van der Waals surface area contributed by atoms with Gasteiger partial charge in [-0.1, -0.05) is 0 Å². The summed E-state index contributed by atoms with van der Waals surface area (Å²) >= 11 is 0. The van der Waals surface area contributed by atoms with Gasteiger partial charge in [0.15, 0.2) is 5.75 Å². The zero-order valence-corrected chi connectivity index (χ0v) is 17.4. The van der Waals surface area contributed by atoms with Gasteiger partial charge >= 0.3 is 6.16 Å². The Bertz CT molecular complexity index is 1110. The zero-order valence-electron chi connectivity index (χ0n) is 17.4. The second kappa shape index (κ2) is 7.84. The molecule has 0 bridgehead atoms. The Labute approximate surface area is 177 Å². The first kappa shape index (κ1) is 21.1. The van der Waals surface area contributed by atoms with Crippen molar-refractivity contribution in [1.82, 2.24) is 9.47 Å². The van der Waals surface area contributed by atoms with Gasteiger partial charge in [-0.2, -0.15) is 0 Å². The second-order valence-electron chi connectivity index (χ2n) is 8.27. The van der Waals surface area contributed by atoms with Crippen LogP contribution in [-0.2, 0) is 4.79 Å². The number of fused-ring (bicyclic) bond motifs is 1. The number of carboxylic acid groups (broad SMARTS) is 1. The van der Waals surface area contributed by atoms with Crippen molar-refractivity contribution < 1.29 is 23.8 Å². The first-order chi connectivity index (χ1) is 14.7. The molecule has 2 aliphatic rings. The van der Waals surface area contributed by atoms with Crippen molar-refractivity contribution in [3.63, 3.8) is 0 Å². The van der Waals surface area contributed by atoms with Crippen molar-refractivity contribution >= 4 is 28.7 Å². The molecule has 0 radical (unpaired) electrons. The van der Waals surface area contributed by atoms with Crippen LogP contribution < -0.4 is 20.8 Å². The molecule has 2 fully saturated rings. The number of ether oxygens (including phenoxy) is 1. The van der Waals surface area contributed by atoms with Crippen LogP contribution in [0.2, 0.25) is 0 Å². The summed E-state index contributed by atoms with van der Waals surface area (Å²) < 4.78 is 21.5. The number of carbonyl (C=O) groups excluding carboxylic acids is 1. The Kier molecular flexibility index (Phi) is 5.34. The van der Waals surface area contributed by atoms with E-state index >= 15 is 4.39 Å². The van der Waals surface area contributed by atoms with Crippen molar-refractivity contribution in [2.75, 3.05) is 24.5 Å². The largest absolute Gasteiger partial charge is 0.511 e. The molecule has 1 saturated carbocycles. The minimum atomic E-state index is -1.59. The monoisotopic (exact) mass is 432 g/mol. The molecule has 2 heterocycles. The van der Waals surface area contributed by atoms with Gasteiger partial charge in [-0.25, -0.2) is 9.18 Å². The van der Waals surface area contributed by atoms with Gasteiger partial charge in [0.25, 0.3) is 0 Å². The summed E-state index contributed by atoms with van der Waals surface area (Å²) in [5, 5.41) is 8.98. The molecule has 10 heteroatoms. The van der Waals surface area contributed by atoms with Gasteiger partial charge in [0.2, 0.25) is 11.3 Å². The van der Waals surface area contributed by atoms with Crippen molar-refractivity contribution in [2.45, 2.75) is 44.8 Å². The molecule has 2 aromatic rings. The summed E-state index contributed by atoms with van der Waals surface area (Å²) in [6, 6.07) is 2.13. The predicted molar refractivity (Wildman–Crippen MR) is 112 cm³/mol. The number of nitrogens with zero attached hydrogens (tertiary/aromatic N) is 3. The summed E-state index contributed by atoms with van der Waals surface area (Å²) in [7, 11) is 0. The van der Waals surface area contributed by atoms with Crippen molar-refractivity contribution in [3.05, 3.63) is 34.4 Å². The number of halogens is 1. The van der Waals surface area contributed by atoms with E-state index in [2.05, 4.69) is 4.74 Å². The smallest absolute Gasteiger partial charge is 0.449 e. The van der Waals surface area contributed by atoms with Gasteiger partial charge < -0.3 is 29.9 Å². The van der Waals surface area contributed by atoms with E-state index in [-0.39, 0.29) is 29.1 Å². The maximum Gasteiger partial charge on any atom is 0.511 e. The number of nitrogens with two attached hydrogens (primary N) is 1. The number of carbonyl (C=O) groups is 2. The number of rotatable bonds is 4. The van der Waals surface area contributed by atoms with Crippen LogP contribution in [-0.4, -0.2) is 58.4 Å². The van der Waals surface area contributed by atoms with Gasteiger partial charge in [-0.05, 0) is 38.8 Å². The van der Waals surface area contributed by atoms with Crippen LogP contribution in [0.25, 0.3) is 10.9 Å². The molecular weight excluding hydrogens is 407 g/mol. The number of pyridine rings is 1. The highest BCUT2D eigenvalue weighted by molar-refractivity contribution is 5.85. The highest BCUT2D eigenvalue weighted by Gasteiger charge is 2.31. The van der Waals surface area contributed by atoms with Crippen molar-refractivity contribution in [1.29, 1.82) is 0 Å². The van der Waals surface area contributed by atoms with Gasteiger partial charge in [0.05, 0.1) is 28.8 Å². The number of benzene rings is 1. The van der Waals surface area contributed by atoms with E-state index in [0.29, 0.717) is 30.8 Å². The summed E-state index contributed by atoms with van der Waals surface area (Å²) in [6.45, 7) is 4.80. The Morgan fingerprint density at radius 1 is 1.29 bits per heavy atom. The first-order valence-electron chi connectivity index (χ1n) is 10.3. The number of anilines is 1. The maximum atomic E-state index is 15.1. The molecule has 2 atom stereocenters. The molecule has 1 aliphatic heterocycles. The van der Waals surface area contributed by atoms with Crippen LogP contribution in [0.15, 0.2) is 23.1 Å². The quantitative estimate of drug-likeness (QED) is 0.709. The zero-order chi connectivity index (χ0) is 22.4. The second-order valence-corrected chi connectivity index (χ2v) is 8.27. The molecule has 9 nitrogen and oxygen atoms in total. The normalized spacial score (nSPS) is 20.1. The maximum absolute atomic E-state index is 15.1. The molecule has 1 aliphatic carbocycles. The lowest BCUT2D eigenvalue weighted by atomic mass is 10.1. The van der Waals surface area contributed by atoms with E-state index in [1.807, 2.05) is 11.8 Å². The van der Waals surface area contributed by atoms with Crippen molar-refractivity contribution in [3.8, 4) is 5.75 Å². The van der Waals surface area contributed by atoms with E-state index in [4.69, 9.17) is 10.8 Å². The molecule has 3 N–H and O–H groups in total. The highest BCUT2D eigenvalue weighted by Crippen LogP contribution is 2.39. The summed E-state index contributed by atoms with van der Waals surface area (Å²) in [6.07, 6.45) is 1.56. The predicted octanol–water partition coefficient (Wildman–Crippen LogP) is 1.92. The van der Waals surface area contributed by atoms with E-state index in [0.717, 1.165) is 18.9 Å². The lowest BCUT2D eigenvalue weighted by molar-refractivity contribution is -0.134. The lowest BCUT2D eigenvalue weighted by Crippen LogP contribution is -2.57. The molecule has 1 aromatic carbocycles. The summed E-state index contributed by atoms with van der Waals surface area (Å²) in [5.74, 6) is -1.06. The molecule has 1 aromatic heterocycles. The Morgan fingerprint density at radius 2 is 2.00 bits per heavy atom. The van der Waals surface area contributed by atoms with E-state index < -0.39 is 23.4 Å². The fourth-order valence-corrected chi connectivity index (χ4v) is 4.16. The minimum Gasteiger partial charge on any atom is -0.449 e. The van der Waals surface area contributed by atoms with Crippen LogP contribution in [0.3, 0.4) is 0 Å². The molecule has 166 valence electrons.